The Labute approximate surface area is 470 Å². The molecule has 6 amide bonds. The molecule has 0 fully saturated rings. The van der Waals surface area contributed by atoms with Gasteiger partial charge in [0, 0.05) is 57.2 Å². The molecule has 2 aromatic carbocycles. The van der Waals surface area contributed by atoms with Crippen LogP contribution in [0.5, 0.6) is 11.8 Å². The molecule has 3 N–H and O–H groups in total. The van der Waals surface area contributed by atoms with Gasteiger partial charge in [0.1, 0.15) is 30.1 Å². The SMILES string of the molecule is CC(C)N(CCOc1ncc(Br)cc1N)C(=O)OC(C)(C)C.CC(C)N(CCOc1ncc(Br)cc1NS(=O)(=O)CCN1C(=O)c2ccccc2C1=O)C(=O)OC(C)(C)C.O=C1c2ccccc2C(=O)N1CCS(=O)(=O)Cl. The van der Waals surface area contributed by atoms with Crippen molar-refractivity contribution in [2.45, 2.75) is 92.5 Å². The van der Waals surface area contributed by atoms with Crippen LogP contribution in [0, 0.1) is 0 Å². The standard InChI is InChI=1S/C25H31BrN4O7S.C15H24BrN3O3.C10H8ClNO4S/c1-16(2)29(24(33)37-25(3,4)5)10-12-36-21-20(14-17(26)15-27-21)28-38(34,35)13-11-30-22(31)18-8-6-7-9-19(18)23(30)32;1-10(2)19(14(20)22-15(3,4)5)6-7-21-13-12(17)8-11(16)9-18-13;11-17(15,16)6-5-12-9(13)7-3-1-2-4-8(7)10(12)14/h6-9,14-16,28H,10-13H2,1-5H3;8-10H,6-7,17H2,1-5H3;1-4H,5-6H2. The number of fused-ring (bicyclic) bond motifs is 2. The Bertz CT molecular complexity index is 2980. The summed E-state index contributed by atoms with van der Waals surface area (Å²) in [6.45, 7) is 18.7. The summed E-state index contributed by atoms with van der Waals surface area (Å²) in [5.74, 6) is -2.63. The maximum Gasteiger partial charge on any atom is 0.410 e. The number of carbonyl (C=O) groups is 6. The van der Waals surface area contributed by atoms with Crippen LogP contribution in [0.3, 0.4) is 0 Å². The van der Waals surface area contributed by atoms with E-state index in [1.165, 1.54) is 41.4 Å². The second-order valence-corrected chi connectivity index (χ2v) is 26.1. The van der Waals surface area contributed by atoms with Gasteiger partial charge in [-0.05, 0) is 137 Å². The molecule has 0 radical (unpaired) electrons. The zero-order valence-corrected chi connectivity index (χ0v) is 49.7. The molecule has 6 rings (SSSR count). The lowest BCUT2D eigenvalue weighted by atomic mass is 10.1. The normalized spacial score (nSPS) is 13.3. The number of nitrogens with zero attached hydrogens (tertiary/aromatic N) is 6. The van der Waals surface area contributed by atoms with E-state index < -0.39 is 71.5 Å². The number of nitrogens with two attached hydrogens (primary N) is 1. The first-order chi connectivity index (χ1) is 35.7. The molecule has 0 bridgehead atoms. The van der Waals surface area contributed by atoms with Crippen molar-refractivity contribution in [3.63, 3.8) is 0 Å². The quantitative estimate of drug-likeness (QED) is 0.0701. The molecule has 0 atom stereocenters. The predicted molar refractivity (Wildman–Crippen MR) is 296 cm³/mol. The average Bonchev–Trinajstić information content (AvgIpc) is 3.70. The van der Waals surface area contributed by atoms with Gasteiger partial charge in [0.05, 0.1) is 52.5 Å². The van der Waals surface area contributed by atoms with Gasteiger partial charge >= 0.3 is 12.2 Å². The number of nitrogens with one attached hydrogen (secondary N) is 1. The highest BCUT2D eigenvalue weighted by Gasteiger charge is 2.37. The van der Waals surface area contributed by atoms with Crippen LogP contribution in [0.1, 0.15) is 111 Å². The van der Waals surface area contributed by atoms with E-state index in [1.54, 1.807) is 62.2 Å². The number of hydrogen-bond donors (Lipinski definition) is 2. The topological polar surface area (TPSA) is 284 Å². The summed E-state index contributed by atoms with van der Waals surface area (Å²) < 4.78 is 73.1. The lowest BCUT2D eigenvalue weighted by Gasteiger charge is -2.30. The minimum Gasteiger partial charge on any atom is -0.474 e. The van der Waals surface area contributed by atoms with Gasteiger partial charge in [0.15, 0.2) is 0 Å². The molecular formula is C50H63Br2ClN8O14S2. The molecule has 0 saturated carbocycles. The molecule has 0 spiro atoms. The van der Waals surface area contributed by atoms with Crippen molar-refractivity contribution >= 4 is 109 Å². The number of hydrogen-bond acceptors (Lipinski definition) is 17. The van der Waals surface area contributed by atoms with Gasteiger partial charge in [-0.1, -0.05) is 24.3 Å². The number of nitrogen functional groups attached to an aromatic ring is 1. The Morgan fingerprint density at radius 3 is 1.38 bits per heavy atom. The molecule has 0 aliphatic carbocycles. The molecule has 77 heavy (non-hydrogen) atoms. The summed E-state index contributed by atoms with van der Waals surface area (Å²) in [6, 6.07) is 15.7. The lowest BCUT2D eigenvalue weighted by molar-refractivity contribution is 0.0153. The van der Waals surface area contributed by atoms with E-state index in [9.17, 15) is 45.6 Å². The number of amides is 6. The third kappa shape index (κ3) is 19.4. The van der Waals surface area contributed by atoms with Gasteiger partial charge in [-0.2, -0.15) is 0 Å². The summed E-state index contributed by atoms with van der Waals surface area (Å²) in [7, 11) is -2.68. The Kier molecular flexibility index (Phi) is 22.2. The van der Waals surface area contributed by atoms with Crippen LogP contribution in [-0.2, 0) is 28.5 Å². The number of ether oxygens (including phenoxy) is 4. The molecule has 4 aromatic rings. The van der Waals surface area contributed by atoms with Crippen molar-refractivity contribution in [2.75, 3.05) is 61.4 Å². The highest BCUT2D eigenvalue weighted by atomic mass is 79.9. The number of benzene rings is 2. The van der Waals surface area contributed by atoms with E-state index in [0.29, 0.717) is 33.7 Å². The zero-order chi connectivity index (χ0) is 57.8. The minimum absolute atomic E-state index is 0.00500. The monoisotopic (exact) mass is 1260 g/mol. The van der Waals surface area contributed by atoms with Gasteiger partial charge in [-0.25, -0.2) is 36.4 Å². The molecule has 2 aromatic heterocycles. The highest BCUT2D eigenvalue weighted by Crippen LogP contribution is 2.28. The fourth-order valence-corrected chi connectivity index (χ4v) is 9.23. The number of aromatic nitrogens is 2. The smallest absolute Gasteiger partial charge is 0.410 e. The number of carbonyl (C=O) groups excluding carboxylic acids is 6. The van der Waals surface area contributed by atoms with Crippen molar-refractivity contribution in [3.05, 3.63) is 104 Å². The van der Waals surface area contributed by atoms with Crippen LogP contribution in [0.4, 0.5) is 21.0 Å². The molecule has 420 valence electrons. The fraction of sp³-hybridized carbons (Fsp3) is 0.440. The van der Waals surface area contributed by atoms with Gasteiger partial charge in [0.25, 0.3) is 23.6 Å². The molecule has 2 aliphatic rings. The van der Waals surface area contributed by atoms with E-state index in [-0.39, 0.29) is 73.7 Å². The Morgan fingerprint density at radius 1 is 0.649 bits per heavy atom. The molecule has 27 heteroatoms. The van der Waals surface area contributed by atoms with Crippen molar-refractivity contribution in [1.82, 2.24) is 29.6 Å². The van der Waals surface area contributed by atoms with Crippen molar-refractivity contribution in [3.8, 4) is 11.8 Å². The van der Waals surface area contributed by atoms with Crippen LogP contribution in [-0.4, -0.2) is 156 Å². The fourth-order valence-electron chi connectivity index (χ4n) is 6.94. The maximum absolute atomic E-state index is 12.9. The van der Waals surface area contributed by atoms with E-state index in [2.05, 4.69) is 46.5 Å². The summed E-state index contributed by atoms with van der Waals surface area (Å²) in [5.41, 5.74) is 6.23. The number of pyridine rings is 2. The molecule has 2 aliphatic heterocycles. The number of anilines is 2. The summed E-state index contributed by atoms with van der Waals surface area (Å²) in [5, 5.41) is 0. The van der Waals surface area contributed by atoms with E-state index >= 15 is 0 Å². The Hall–Kier alpha value is -6.09. The van der Waals surface area contributed by atoms with Crippen molar-refractivity contribution < 1.29 is 64.6 Å². The summed E-state index contributed by atoms with van der Waals surface area (Å²) >= 11 is 6.55. The zero-order valence-electron chi connectivity index (χ0n) is 44.2. The number of imide groups is 2. The highest BCUT2D eigenvalue weighted by molar-refractivity contribution is 9.10. The summed E-state index contributed by atoms with van der Waals surface area (Å²) in [6.07, 6.45) is 2.21. The van der Waals surface area contributed by atoms with Gasteiger partial charge in [-0.15, -0.1) is 0 Å². The number of rotatable bonds is 18. The van der Waals surface area contributed by atoms with Crippen LogP contribution in [0.2, 0.25) is 0 Å². The van der Waals surface area contributed by atoms with Crippen LogP contribution in [0.25, 0.3) is 0 Å². The molecular weight excluding hydrogens is 1200 g/mol. The second-order valence-electron chi connectivity index (χ2n) is 19.6. The third-order valence-electron chi connectivity index (χ3n) is 10.5. The van der Waals surface area contributed by atoms with E-state index in [0.717, 1.165) is 14.3 Å². The van der Waals surface area contributed by atoms with Crippen LogP contribution in [0.15, 0.2) is 82.0 Å². The molecule has 0 saturated heterocycles. The van der Waals surface area contributed by atoms with Crippen molar-refractivity contribution in [1.29, 1.82) is 0 Å². The predicted octanol–water partition coefficient (Wildman–Crippen LogP) is 8.21. The minimum atomic E-state index is -4.01. The van der Waals surface area contributed by atoms with Crippen LogP contribution < -0.4 is 19.9 Å². The largest absolute Gasteiger partial charge is 0.474 e. The second kappa shape index (κ2) is 27.0. The first-order valence-electron chi connectivity index (χ1n) is 23.8. The van der Waals surface area contributed by atoms with Gasteiger partial charge in [-0.3, -0.25) is 33.7 Å². The third-order valence-corrected chi connectivity index (χ3v) is 13.7. The Balaban J connectivity index is 0.000000276. The molecule has 4 heterocycles. The van der Waals surface area contributed by atoms with Crippen molar-refractivity contribution in [2.24, 2.45) is 0 Å². The van der Waals surface area contributed by atoms with Gasteiger partial charge in [0.2, 0.25) is 30.8 Å². The molecule has 22 nitrogen and oxygen atoms in total. The first-order valence-corrected chi connectivity index (χ1v) is 29.5. The Morgan fingerprint density at radius 2 is 1.01 bits per heavy atom. The van der Waals surface area contributed by atoms with Crippen LogP contribution >= 0.6 is 42.5 Å². The van der Waals surface area contributed by atoms with E-state index in [1.807, 2.05) is 48.5 Å². The summed E-state index contributed by atoms with van der Waals surface area (Å²) in [4.78, 5) is 86.5. The number of sulfonamides is 1. The maximum atomic E-state index is 12.9. The lowest BCUT2D eigenvalue weighted by Crippen LogP contribution is -2.43. The molecule has 0 unspecified atom stereocenters. The van der Waals surface area contributed by atoms with E-state index in [4.69, 9.17) is 35.4 Å². The average molecular weight is 1260 g/mol. The van der Waals surface area contributed by atoms with Gasteiger partial charge < -0.3 is 34.5 Å². The first kappa shape index (κ1) is 63.4. The number of halogens is 3.